The van der Waals surface area contributed by atoms with Crippen LogP contribution < -0.4 is 10.5 Å². The second-order valence-electron chi connectivity index (χ2n) is 3.61. The zero-order valence-electron chi connectivity index (χ0n) is 9.36. The molecule has 0 unspecified atom stereocenters. The van der Waals surface area contributed by atoms with Crippen LogP contribution in [0.2, 0.25) is 0 Å². The molecule has 0 bridgehead atoms. The lowest BCUT2D eigenvalue weighted by atomic mass is 10.2. The summed E-state index contributed by atoms with van der Waals surface area (Å²) in [6.07, 6.45) is 0. The maximum absolute atomic E-state index is 11.2. The lowest BCUT2D eigenvalue weighted by Gasteiger charge is -2.03. The number of amides is 1. The molecule has 4 heteroatoms. The Balaban J connectivity index is 2.58. The van der Waals surface area contributed by atoms with Gasteiger partial charge in [0.2, 0.25) is 0 Å². The van der Waals surface area contributed by atoms with Gasteiger partial charge in [0.15, 0.2) is 0 Å². The van der Waals surface area contributed by atoms with Gasteiger partial charge in [0.05, 0.1) is 6.61 Å². The van der Waals surface area contributed by atoms with E-state index >= 15 is 0 Å². The van der Waals surface area contributed by atoms with Crippen LogP contribution in [0.1, 0.15) is 17.4 Å². The van der Waals surface area contributed by atoms with E-state index in [-0.39, 0.29) is 0 Å². The first kappa shape index (κ1) is 10.5. The third kappa shape index (κ3) is 1.62. The first-order chi connectivity index (χ1) is 7.63. The number of hydrogen-bond acceptors (Lipinski definition) is 2. The summed E-state index contributed by atoms with van der Waals surface area (Å²) in [5, 5.41) is 0.960. The van der Waals surface area contributed by atoms with Crippen LogP contribution in [0.25, 0.3) is 10.9 Å². The Hall–Kier alpha value is -1.97. The minimum absolute atomic E-state index is 0.420. The van der Waals surface area contributed by atoms with Gasteiger partial charge >= 0.3 is 0 Å². The molecule has 0 aliphatic heterocycles. The standard InChI is InChI=1S/C12H14N2O2/c1-3-16-9-4-5-10-8(6-9)7-11(12(13)15)14(10)2/h4-7H,3H2,1-2H3,(H2,13,15). The molecule has 0 spiro atoms. The van der Waals surface area contributed by atoms with Crippen LogP contribution in [-0.2, 0) is 7.05 Å². The molecule has 1 amide bonds. The Labute approximate surface area is 93.6 Å². The summed E-state index contributed by atoms with van der Waals surface area (Å²) in [6.45, 7) is 2.56. The maximum Gasteiger partial charge on any atom is 0.265 e. The number of aromatic nitrogens is 1. The molecular formula is C12H14N2O2. The predicted octanol–water partition coefficient (Wildman–Crippen LogP) is 1.68. The van der Waals surface area contributed by atoms with Crippen molar-refractivity contribution in [2.45, 2.75) is 6.92 Å². The van der Waals surface area contributed by atoms with Crippen LogP contribution in [0.4, 0.5) is 0 Å². The second-order valence-corrected chi connectivity index (χ2v) is 3.61. The highest BCUT2D eigenvalue weighted by molar-refractivity contribution is 5.98. The molecular weight excluding hydrogens is 204 g/mol. The number of rotatable bonds is 3. The minimum Gasteiger partial charge on any atom is -0.494 e. The van der Waals surface area contributed by atoms with Crippen molar-refractivity contribution in [1.82, 2.24) is 4.57 Å². The van der Waals surface area contributed by atoms with E-state index in [0.717, 1.165) is 16.7 Å². The number of ether oxygens (including phenoxy) is 1. The first-order valence-electron chi connectivity index (χ1n) is 5.15. The van der Waals surface area contributed by atoms with Crippen molar-refractivity contribution >= 4 is 16.8 Å². The predicted molar refractivity (Wildman–Crippen MR) is 62.6 cm³/mol. The molecule has 0 radical (unpaired) electrons. The fourth-order valence-corrected chi connectivity index (χ4v) is 1.82. The molecule has 0 aliphatic carbocycles. The number of nitrogens with two attached hydrogens (primary N) is 1. The quantitative estimate of drug-likeness (QED) is 0.852. The van der Waals surface area contributed by atoms with Crippen LogP contribution in [0, 0.1) is 0 Å². The van der Waals surface area contributed by atoms with Gasteiger partial charge in [-0.1, -0.05) is 0 Å². The number of nitrogens with zero attached hydrogens (tertiary/aromatic N) is 1. The number of hydrogen-bond donors (Lipinski definition) is 1. The van der Waals surface area contributed by atoms with Crippen molar-refractivity contribution < 1.29 is 9.53 Å². The van der Waals surface area contributed by atoms with Gasteiger partial charge in [-0.25, -0.2) is 0 Å². The van der Waals surface area contributed by atoms with Crippen LogP contribution in [0.5, 0.6) is 5.75 Å². The summed E-state index contributed by atoms with van der Waals surface area (Å²) in [5.41, 5.74) is 6.76. The molecule has 2 rings (SSSR count). The molecule has 16 heavy (non-hydrogen) atoms. The van der Waals surface area contributed by atoms with Gasteiger partial charge in [0, 0.05) is 18.0 Å². The topological polar surface area (TPSA) is 57.2 Å². The lowest BCUT2D eigenvalue weighted by molar-refractivity contribution is 0.0993. The summed E-state index contributed by atoms with van der Waals surface area (Å²) in [6, 6.07) is 7.49. The third-order valence-corrected chi connectivity index (χ3v) is 2.58. The Morgan fingerprint density at radius 1 is 1.44 bits per heavy atom. The number of carbonyl (C=O) groups excluding carboxylic acids is 1. The summed E-state index contributed by atoms with van der Waals surface area (Å²) >= 11 is 0. The first-order valence-corrected chi connectivity index (χ1v) is 5.15. The van der Waals surface area contributed by atoms with Crippen molar-refractivity contribution in [3.05, 3.63) is 30.0 Å². The van der Waals surface area contributed by atoms with Crippen molar-refractivity contribution in [2.75, 3.05) is 6.61 Å². The smallest absolute Gasteiger partial charge is 0.265 e. The fourth-order valence-electron chi connectivity index (χ4n) is 1.82. The Morgan fingerprint density at radius 2 is 2.19 bits per heavy atom. The van der Waals surface area contributed by atoms with E-state index in [2.05, 4.69) is 0 Å². The Kier molecular flexibility index (Phi) is 2.56. The third-order valence-electron chi connectivity index (χ3n) is 2.58. The van der Waals surface area contributed by atoms with E-state index in [9.17, 15) is 4.79 Å². The van der Waals surface area contributed by atoms with Crippen molar-refractivity contribution in [1.29, 1.82) is 0 Å². The van der Waals surface area contributed by atoms with E-state index in [1.165, 1.54) is 0 Å². The van der Waals surface area contributed by atoms with Gasteiger partial charge in [-0.2, -0.15) is 0 Å². The highest BCUT2D eigenvalue weighted by atomic mass is 16.5. The van der Waals surface area contributed by atoms with Crippen LogP contribution in [-0.4, -0.2) is 17.1 Å². The molecule has 0 atom stereocenters. The molecule has 2 aromatic rings. The van der Waals surface area contributed by atoms with Gasteiger partial charge in [-0.3, -0.25) is 4.79 Å². The van der Waals surface area contributed by atoms with Gasteiger partial charge in [0.1, 0.15) is 11.4 Å². The molecule has 0 aliphatic rings. The van der Waals surface area contributed by atoms with Crippen LogP contribution in [0.15, 0.2) is 24.3 Å². The number of fused-ring (bicyclic) bond motifs is 1. The van der Waals surface area contributed by atoms with Crippen LogP contribution >= 0.6 is 0 Å². The van der Waals surface area contributed by atoms with E-state index < -0.39 is 5.91 Å². The Bertz CT molecular complexity index is 543. The van der Waals surface area contributed by atoms with Crippen molar-refractivity contribution in [3.8, 4) is 5.75 Å². The molecule has 0 saturated heterocycles. The lowest BCUT2D eigenvalue weighted by Crippen LogP contribution is -2.14. The van der Waals surface area contributed by atoms with E-state index in [1.807, 2.05) is 32.2 Å². The zero-order valence-corrected chi connectivity index (χ0v) is 9.36. The Morgan fingerprint density at radius 3 is 2.81 bits per heavy atom. The number of carbonyl (C=O) groups is 1. The van der Waals surface area contributed by atoms with Gasteiger partial charge in [0.25, 0.3) is 5.91 Å². The second kappa shape index (κ2) is 3.89. The molecule has 4 nitrogen and oxygen atoms in total. The normalized spacial score (nSPS) is 10.6. The molecule has 1 aromatic heterocycles. The fraction of sp³-hybridized carbons (Fsp3) is 0.250. The molecule has 1 heterocycles. The van der Waals surface area contributed by atoms with Gasteiger partial charge < -0.3 is 15.0 Å². The van der Waals surface area contributed by atoms with Crippen LogP contribution in [0.3, 0.4) is 0 Å². The average Bonchev–Trinajstić information content (AvgIpc) is 2.56. The monoisotopic (exact) mass is 218 g/mol. The van der Waals surface area contributed by atoms with E-state index in [0.29, 0.717) is 12.3 Å². The molecule has 1 aromatic carbocycles. The SMILES string of the molecule is CCOc1ccc2c(c1)cc(C(N)=O)n2C. The molecule has 2 N–H and O–H groups in total. The van der Waals surface area contributed by atoms with Crippen molar-refractivity contribution in [2.24, 2.45) is 12.8 Å². The molecule has 0 fully saturated rings. The molecule has 0 saturated carbocycles. The summed E-state index contributed by atoms with van der Waals surface area (Å²) < 4.78 is 7.18. The van der Waals surface area contributed by atoms with E-state index in [1.54, 1.807) is 10.6 Å². The maximum atomic E-state index is 11.2. The zero-order chi connectivity index (χ0) is 11.7. The van der Waals surface area contributed by atoms with Gasteiger partial charge in [-0.15, -0.1) is 0 Å². The highest BCUT2D eigenvalue weighted by Crippen LogP contribution is 2.23. The number of aryl methyl sites for hydroxylation is 1. The highest BCUT2D eigenvalue weighted by Gasteiger charge is 2.10. The average molecular weight is 218 g/mol. The minimum atomic E-state index is -0.420. The largest absolute Gasteiger partial charge is 0.494 e. The number of benzene rings is 1. The summed E-state index contributed by atoms with van der Waals surface area (Å²) in [7, 11) is 1.82. The van der Waals surface area contributed by atoms with E-state index in [4.69, 9.17) is 10.5 Å². The molecule has 84 valence electrons. The summed E-state index contributed by atoms with van der Waals surface area (Å²) in [4.78, 5) is 11.2. The van der Waals surface area contributed by atoms with Crippen molar-refractivity contribution in [3.63, 3.8) is 0 Å². The number of primary amides is 1. The summed E-state index contributed by atoms with van der Waals surface area (Å²) in [5.74, 6) is 0.383. The van der Waals surface area contributed by atoms with Gasteiger partial charge in [-0.05, 0) is 31.2 Å².